The Hall–Kier alpha value is -2.61. The summed E-state index contributed by atoms with van der Waals surface area (Å²) in [5, 5.41) is 24.2. The molecule has 2 amide bonds. The van der Waals surface area contributed by atoms with Crippen LogP contribution in [0.3, 0.4) is 0 Å². The number of aromatic nitrogens is 3. The van der Waals surface area contributed by atoms with Crippen LogP contribution in [0.1, 0.15) is 42.6 Å². The normalized spacial score (nSPS) is 14.7. The van der Waals surface area contributed by atoms with Crippen LogP contribution in [0.5, 0.6) is 5.75 Å². The average Bonchev–Trinajstić information content (AvgIpc) is 2.92. The van der Waals surface area contributed by atoms with Gasteiger partial charge in [-0.15, -0.1) is 10.2 Å². The lowest BCUT2D eigenvalue weighted by atomic mass is 10.1. The summed E-state index contributed by atoms with van der Waals surface area (Å²) in [5.41, 5.74) is 0.724. The molecule has 1 aromatic heterocycles. The van der Waals surface area contributed by atoms with Crippen molar-refractivity contribution in [3.63, 3.8) is 0 Å². The molecule has 3 N–H and O–H groups in total. The number of carbonyl (C=O) groups is 1. The van der Waals surface area contributed by atoms with E-state index in [0.717, 1.165) is 48.8 Å². The number of benzene rings is 1. The number of hydrogen-bond acceptors (Lipinski definition) is 5. The van der Waals surface area contributed by atoms with Gasteiger partial charge in [0.15, 0.2) is 0 Å². The molecule has 2 aromatic rings. The highest BCUT2D eigenvalue weighted by Gasteiger charge is 2.15. The van der Waals surface area contributed by atoms with E-state index in [1.165, 1.54) is 6.42 Å². The molecule has 0 aliphatic carbocycles. The number of carbonyl (C=O) groups excluding carboxylic acids is 1. The predicted octanol–water partition coefficient (Wildman–Crippen LogP) is 1.59. The molecule has 1 aliphatic heterocycles. The van der Waals surface area contributed by atoms with Crippen molar-refractivity contribution in [2.75, 3.05) is 20.2 Å². The van der Waals surface area contributed by atoms with Crippen LogP contribution in [0.15, 0.2) is 24.3 Å². The molecule has 146 valence electrons. The minimum absolute atomic E-state index is 0.137. The number of methoxy groups -OCH3 is 1. The maximum Gasteiger partial charge on any atom is 0.314 e. The fraction of sp³-hybridized carbons (Fsp3) is 0.526. The van der Waals surface area contributed by atoms with Crippen LogP contribution < -0.4 is 15.4 Å². The molecule has 1 aromatic carbocycles. The standard InChI is InChI=1S/C19H27N5O3/c1-27-15-8-6-14(7-9-15)16(25)13-21-19(26)20-11-10-18-23-22-17-5-3-2-4-12-24(17)18/h6-9,16,25H,2-5,10-13H2,1H3,(H2,20,21,26)/t16-/m1/s1. The Bertz CT molecular complexity index is 744. The van der Waals surface area contributed by atoms with Crippen molar-refractivity contribution in [2.24, 2.45) is 0 Å². The van der Waals surface area contributed by atoms with E-state index in [2.05, 4.69) is 25.4 Å². The van der Waals surface area contributed by atoms with Gasteiger partial charge in [-0.25, -0.2) is 4.79 Å². The van der Waals surface area contributed by atoms with E-state index in [0.29, 0.717) is 13.0 Å². The number of hydrogen-bond donors (Lipinski definition) is 3. The van der Waals surface area contributed by atoms with Crippen LogP contribution in [0.2, 0.25) is 0 Å². The van der Waals surface area contributed by atoms with Crippen molar-refractivity contribution < 1.29 is 14.6 Å². The van der Waals surface area contributed by atoms with Gasteiger partial charge in [0.2, 0.25) is 0 Å². The van der Waals surface area contributed by atoms with Crippen molar-refractivity contribution in [2.45, 2.75) is 44.8 Å². The maximum atomic E-state index is 12.0. The summed E-state index contributed by atoms with van der Waals surface area (Å²) in [4.78, 5) is 12.0. The average molecular weight is 373 g/mol. The van der Waals surface area contributed by atoms with Gasteiger partial charge in [0.05, 0.1) is 13.2 Å². The molecule has 2 heterocycles. The van der Waals surface area contributed by atoms with Gasteiger partial charge in [-0.3, -0.25) is 0 Å². The van der Waals surface area contributed by atoms with Crippen LogP contribution in [0, 0.1) is 0 Å². The number of nitrogens with zero attached hydrogens (tertiary/aromatic N) is 3. The number of aliphatic hydroxyl groups excluding tert-OH is 1. The number of ether oxygens (including phenoxy) is 1. The molecule has 27 heavy (non-hydrogen) atoms. The molecular formula is C19H27N5O3. The van der Waals surface area contributed by atoms with Gasteiger partial charge in [-0.05, 0) is 30.5 Å². The monoisotopic (exact) mass is 373 g/mol. The summed E-state index contributed by atoms with van der Waals surface area (Å²) >= 11 is 0. The van der Waals surface area contributed by atoms with Crippen molar-refractivity contribution in [1.82, 2.24) is 25.4 Å². The summed E-state index contributed by atoms with van der Waals surface area (Å²) in [5.74, 6) is 2.70. The molecule has 0 bridgehead atoms. The lowest BCUT2D eigenvalue weighted by Crippen LogP contribution is -2.38. The zero-order valence-corrected chi connectivity index (χ0v) is 15.6. The lowest BCUT2D eigenvalue weighted by Gasteiger charge is -2.13. The van der Waals surface area contributed by atoms with E-state index in [1.807, 2.05) is 0 Å². The molecule has 0 radical (unpaired) electrons. The topological polar surface area (TPSA) is 101 Å². The Morgan fingerprint density at radius 3 is 2.81 bits per heavy atom. The number of amides is 2. The Balaban J connectivity index is 1.40. The summed E-state index contributed by atoms with van der Waals surface area (Å²) in [6.07, 6.45) is 4.38. The third-order valence-electron chi connectivity index (χ3n) is 4.78. The molecular weight excluding hydrogens is 346 g/mol. The molecule has 0 unspecified atom stereocenters. The SMILES string of the molecule is COc1ccc([C@H](O)CNC(=O)NCCc2nnc3n2CCCCC3)cc1. The molecule has 0 fully saturated rings. The van der Waals surface area contributed by atoms with E-state index in [-0.39, 0.29) is 12.6 Å². The smallest absolute Gasteiger partial charge is 0.314 e. The molecule has 0 saturated heterocycles. The van der Waals surface area contributed by atoms with Gasteiger partial charge >= 0.3 is 6.03 Å². The predicted molar refractivity (Wildman–Crippen MR) is 101 cm³/mol. The third kappa shape index (κ3) is 5.19. The highest BCUT2D eigenvalue weighted by molar-refractivity contribution is 5.73. The highest BCUT2D eigenvalue weighted by Crippen LogP contribution is 2.17. The van der Waals surface area contributed by atoms with Crippen LogP contribution in [-0.4, -0.2) is 46.1 Å². The van der Waals surface area contributed by atoms with E-state index >= 15 is 0 Å². The fourth-order valence-corrected chi connectivity index (χ4v) is 3.21. The van der Waals surface area contributed by atoms with Gasteiger partial charge in [-0.1, -0.05) is 18.6 Å². The molecule has 8 nitrogen and oxygen atoms in total. The number of fused-ring (bicyclic) bond motifs is 1. The minimum atomic E-state index is -0.770. The van der Waals surface area contributed by atoms with Crippen molar-refractivity contribution in [3.8, 4) is 5.75 Å². The van der Waals surface area contributed by atoms with Crippen LogP contribution in [0.4, 0.5) is 4.79 Å². The van der Waals surface area contributed by atoms with Crippen LogP contribution in [-0.2, 0) is 19.4 Å². The van der Waals surface area contributed by atoms with Gasteiger partial charge in [0.1, 0.15) is 17.4 Å². The molecule has 0 spiro atoms. The molecule has 0 saturated carbocycles. The molecule has 8 heteroatoms. The van der Waals surface area contributed by atoms with Crippen molar-refractivity contribution >= 4 is 6.03 Å². The lowest BCUT2D eigenvalue weighted by molar-refractivity contribution is 0.173. The van der Waals surface area contributed by atoms with Crippen LogP contribution in [0.25, 0.3) is 0 Å². The van der Waals surface area contributed by atoms with Crippen LogP contribution >= 0.6 is 0 Å². The molecule has 1 atom stereocenters. The fourth-order valence-electron chi connectivity index (χ4n) is 3.21. The second-order valence-corrected chi connectivity index (χ2v) is 6.67. The van der Waals surface area contributed by atoms with E-state index < -0.39 is 6.10 Å². The largest absolute Gasteiger partial charge is 0.497 e. The first kappa shape index (κ1) is 19.2. The van der Waals surface area contributed by atoms with Crippen molar-refractivity contribution in [3.05, 3.63) is 41.5 Å². The summed E-state index contributed by atoms with van der Waals surface area (Å²) in [6, 6.07) is 6.80. The number of rotatable bonds is 7. The zero-order valence-electron chi connectivity index (χ0n) is 15.6. The zero-order chi connectivity index (χ0) is 19.1. The Morgan fingerprint density at radius 1 is 1.22 bits per heavy atom. The van der Waals surface area contributed by atoms with Gasteiger partial charge in [0.25, 0.3) is 0 Å². The summed E-state index contributed by atoms with van der Waals surface area (Å²) in [6.45, 7) is 1.57. The Morgan fingerprint density at radius 2 is 2.04 bits per heavy atom. The Kier molecular flexibility index (Phi) is 6.64. The third-order valence-corrected chi connectivity index (χ3v) is 4.78. The number of nitrogens with one attached hydrogen (secondary N) is 2. The van der Waals surface area contributed by atoms with Gasteiger partial charge in [-0.2, -0.15) is 0 Å². The first-order chi connectivity index (χ1) is 13.2. The number of aliphatic hydroxyl groups is 1. The molecule has 1 aliphatic rings. The first-order valence-corrected chi connectivity index (χ1v) is 9.42. The quantitative estimate of drug-likeness (QED) is 0.684. The first-order valence-electron chi connectivity index (χ1n) is 9.42. The number of aryl methyl sites for hydroxylation is 1. The summed E-state index contributed by atoms with van der Waals surface area (Å²) in [7, 11) is 1.59. The Labute approximate surface area is 158 Å². The van der Waals surface area contributed by atoms with E-state index in [4.69, 9.17) is 4.74 Å². The second-order valence-electron chi connectivity index (χ2n) is 6.67. The highest BCUT2D eigenvalue weighted by atomic mass is 16.5. The van der Waals surface area contributed by atoms with E-state index in [1.54, 1.807) is 31.4 Å². The van der Waals surface area contributed by atoms with Crippen molar-refractivity contribution in [1.29, 1.82) is 0 Å². The van der Waals surface area contributed by atoms with Gasteiger partial charge < -0.3 is 25.0 Å². The summed E-state index contributed by atoms with van der Waals surface area (Å²) < 4.78 is 7.27. The number of urea groups is 1. The molecule has 3 rings (SSSR count). The van der Waals surface area contributed by atoms with E-state index in [9.17, 15) is 9.90 Å². The minimum Gasteiger partial charge on any atom is -0.497 e. The van der Waals surface area contributed by atoms with Gasteiger partial charge in [0, 0.05) is 32.5 Å². The second kappa shape index (κ2) is 9.36. The maximum absolute atomic E-state index is 12.0.